The van der Waals surface area contributed by atoms with Crippen LogP contribution in [0.1, 0.15) is 60.9 Å². The third-order valence-corrected chi connectivity index (χ3v) is 4.18. The van der Waals surface area contributed by atoms with E-state index in [1.165, 1.54) is 12.1 Å². The van der Waals surface area contributed by atoms with E-state index < -0.39 is 0 Å². The Morgan fingerprint density at radius 1 is 1.25 bits per heavy atom. The maximum atomic E-state index is 12.7. The third-order valence-electron chi connectivity index (χ3n) is 4.18. The lowest BCUT2D eigenvalue weighted by atomic mass is 10.1. The molecule has 0 saturated carbocycles. The molecule has 0 unspecified atom stereocenters. The van der Waals surface area contributed by atoms with E-state index in [0.29, 0.717) is 12.3 Å². The van der Waals surface area contributed by atoms with Gasteiger partial charge < -0.3 is 9.64 Å². The minimum Gasteiger partial charge on any atom is -0.376 e. The number of fused-ring (bicyclic) bond motifs is 1. The smallest absolute Gasteiger partial charge is 0.274 e. The lowest BCUT2D eigenvalue weighted by Crippen LogP contribution is -2.36. The number of aromatic nitrogens is 2. The average molecular weight is 277 g/mol. The zero-order valence-electron chi connectivity index (χ0n) is 12.4. The molecule has 110 valence electrons. The summed E-state index contributed by atoms with van der Waals surface area (Å²) < 4.78 is 7.55. The van der Waals surface area contributed by atoms with E-state index in [1.54, 1.807) is 0 Å². The third kappa shape index (κ3) is 2.35. The fourth-order valence-corrected chi connectivity index (χ4v) is 3.11. The number of rotatable bonds is 2. The second kappa shape index (κ2) is 5.56. The van der Waals surface area contributed by atoms with E-state index in [4.69, 9.17) is 4.74 Å². The minimum atomic E-state index is 0.0888. The first-order valence-corrected chi connectivity index (χ1v) is 7.65. The van der Waals surface area contributed by atoms with E-state index in [2.05, 4.69) is 18.9 Å². The van der Waals surface area contributed by atoms with Gasteiger partial charge in [-0.15, -0.1) is 0 Å². The van der Waals surface area contributed by atoms with Crippen molar-refractivity contribution < 1.29 is 9.53 Å². The van der Waals surface area contributed by atoms with Crippen molar-refractivity contribution in [2.45, 2.75) is 52.2 Å². The molecule has 3 rings (SSSR count). The van der Waals surface area contributed by atoms with Gasteiger partial charge in [0.15, 0.2) is 5.69 Å². The first kappa shape index (κ1) is 13.6. The fourth-order valence-electron chi connectivity index (χ4n) is 3.11. The Morgan fingerprint density at radius 2 is 2.00 bits per heavy atom. The minimum absolute atomic E-state index is 0.0888. The van der Waals surface area contributed by atoms with Gasteiger partial charge in [-0.3, -0.25) is 9.48 Å². The van der Waals surface area contributed by atoms with E-state index >= 15 is 0 Å². The highest BCUT2D eigenvalue weighted by Crippen LogP contribution is 2.25. The summed E-state index contributed by atoms with van der Waals surface area (Å²) >= 11 is 0. The second-order valence-electron chi connectivity index (χ2n) is 5.97. The van der Waals surface area contributed by atoms with Crippen LogP contribution >= 0.6 is 0 Å². The van der Waals surface area contributed by atoms with Crippen molar-refractivity contribution in [1.29, 1.82) is 0 Å². The van der Waals surface area contributed by atoms with E-state index in [1.807, 2.05) is 9.58 Å². The molecule has 2 aliphatic rings. The normalized spacial score (nSPS) is 19.2. The number of hydrogen-bond acceptors (Lipinski definition) is 3. The topological polar surface area (TPSA) is 47.4 Å². The molecule has 0 radical (unpaired) electrons. The van der Waals surface area contributed by atoms with Gasteiger partial charge >= 0.3 is 0 Å². The molecule has 1 aromatic heterocycles. The largest absolute Gasteiger partial charge is 0.376 e. The number of carbonyl (C=O) groups is 1. The molecule has 5 nitrogen and oxygen atoms in total. The molecule has 0 N–H and O–H groups in total. The standard InChI is InChI=1S/C15H23N3O2/c1-11(2)18-13-6-9-20-10-12(13)14(16-18)15(19)17-7-4-3-5-8-17/h11H,3-10H2,1-2H3. The van der Waals surface area contributed by atoms with Gasteiger partial charge in [-0.1, -0.05) is 0 Å². The summed E-state index contributed by atoms with van der Waals surface area (Å²) in [5, 5.41) is 4.61. The summed E-state index contributed by atoms with van der Waals surface area (Å²) in [6.07, 6.45) is 4.30. The van der Waals surface area contributed by atoms with Crippen molar-refractivity contribution in [3.05, 3.63) is 17.0 Å². The highest BCUT2D eigenvalue weighted by atomic mass is 16.5. The SMILES string of the molecule is CC(C)n1nc(C(=O)N2CCCCC2)c2c1CCOC2. The van der Waals surface area contributed by atoms with E-state index in [-0.39, 0.29) is 11.9 Å². The van der Waals surface area contributed by atoms with Gasteiger partial charge in [-0.25, -0.2) is 0 Å². The summed E-state index contributed by atoms with van der Waals surface area (Å²) in [6, 6.07) is 0.282. The zero-order valence-corrected chi connectivity index (χ0v) is 12.4. The number of piperidine rings is 1. The van der Waals surface area contributed by atoms with Crippen LogP contribution in [0.25, 0.3) is 0 Å². The van der Waals surface area contributed by atoms with Crippen LogP contribution in [0.5, 0.6) is 0 Å². The molecule has 2 aliphatic heterocycles. The summed E-state index contributed by atoms with van der Waals surface area (Å²) in [6.45, 7) is 7.20. The zero-order chi connectivity index (χ0) is 14.1. The molecular formula is C15H23N3O2. The quantitative estimate of drug-likeness (QED) is 0.832. The number of carbonyl (C=O) groups excluding carboxylic acids is 1. The highest BCUT2D eigenvalue weighted by Gasteiger charge is 2.29. The van der Waals surface area contributed by atoms with Crippen molar-refractivity contribution in [2.75, 3.05) is 19.7 Å². The Balaban J connectivity index is 1.94. The Kier molecular flexibility index (Phi) is 3.78. The molecule has 1 fully saturated rings. The molecule has 5 heteroatoms. The first-order chi connectivity index (χ1) is 9.68. The Labute approximate surface area is 119 Å². The number of nitrogens with zero attached hydrogens (tertiary/aromatic N) is 3. The van der Waals surface area contributed by atoms with Crippen molar-refractivity contribution in [3.63, 3.8) is 0 Å². The second-order valence-corrected chi connectivity index (χ2v) is 5.97. The average Bonchev–Trinajstić information content (AvgIpc) is 2.87. The monoisotopic (exact) mass is 277 g/mol. The van der Waals surface area contributed by atoms with Crippen LogP contribution in [0.2, 0.25) is 0 Å². The fraction of sp³-hybridized carbons (Fsp3) is 0.733. The van der Waals surface area contributed by atoms with Crippen molar-refractivity contribution in [1.82, 2.24) is 14.7 Å². The molecule has 20 heavy (non-hydrogen) atoms. The number of likely N-dealkylation sites (tertiary alicyclic amines) is 1. The van der Waals surface area contributed by atoms with E-state index in [0.717, 1.165) is 44.5 Å². The predicted molar refractivity (Wildman–Crippen MR) is 75.7 cm³/mol. The van der Waals surface area contributed by atoms with Crippen LogP contribution in [-0.2, 0) is 17.8 Å². The molecule has 0 aliphatic carbocycles. The van der Waals surface area contributed by atoms with Crippen LogP contribution < -0.4 is 0 Å². The molecule has 3 heterocycles. The van der Waals surface area contributed by atoms with Crippen LogP contribution in [0.3, 0.4) is 0 Å². The molecular weight excluding hydrogens is 254 g/mol. The van der Waals surface area contributed by atoms with Crippen LogP contribution in [0, 0.1) is 0 Å². The van der Waals surface area contributed by atoms with Gasteiger partial charge in [0.2, 0.25) is 0 Å². The highest BCUT2D eigenvalue weighted by molar-refractivity contribution is 5.94. The molecule has 0 spiro atoms. The molecule has 1 aromatic rings. The van der Waals surface area contributed by atoms with Crippen molar-refractivity contribution in [2.24, 2.45) is 0 Å². The van der Waals surface area contributed by atoms with Gasteiger partial charge in [0.25, 0.3) is 5.91 Å². The van der Waals surface area contributed by atoms with Gasteiger partial charge in [0.1, 0.15) is 0 Å². The molecule has 0 atom stereocenters. The number of ether oxygens (including phenoxy) is 1. The molecule has 0 bridgehead atoms. The van der Waals surface area contributed by atoms with Gasteiger partial charge in [-0.05, 0) is 33.1 Å². The van der Waals surface area contributed by atoms with Crippen molar-refractivity contribution >= 4 is 5.91 Å². The van der Waals surface area contributed by atoms with Crippen LogP contribution in [-0.4, -0.2) is 40.3 Å². The van der Waals surface area contributed by atoms with Gasteiger partial charge in [0, 0.05) is 36.8 Å². The molecule has 1 saturated heterocycles. The Bertz CT molecular complexity index is 501. The summed E-state index contributed by atoms with van der Waals surface area (Å²) in [4.78, 5) is 14.7. The van der Waals surface area contributed by atoms with Crippen LogP contribution in [0.4, 0.5) is 0 Å². The summed E-state index contributed by atoms with van der Waals surface area (Å²) in [7, 11) is 0. The lowest BCUT2D eigenvalue weighted by molar-refractivity contribution is 0.0705. The Hall–Kier alpha value is -1.36. The number of amides is 1. The van der Waals surface area contributed by atoms with Gasteiger partial charge in [-0.2, -0.15) is 5.10 Å². The van der Waals surface area contributed by atoms with Crippen molar-refractivity contribution in [3.8, 4) is 0 Å². The van der Waals surface area contributed by atoms with Gasteiger partial charge in [0.05, 0.1) is 13.2 Å². The predicted octanol–water partition coefficient (Wildman–Crippen LogP) is 2.16. The van der Waals surface area contributed by atoms with Crippen LogP contribution in [0.15, 0.2) is 0 Å². The first-order valence-electron chi connectivity index (χ1n) is 7.65. The Morgan fingerprint density at radius 3 is 2.70 bits per heavy atom. The maximum Gasteiger partial charge on any atom is 0.274 e. The lowest BCUT2D eigenvalue weighted by Gasteiger charge is -2.26. The summed E-state index contributed by atoms with van der Waals surface area (Å²) in [5.74, 6) is 0.0888. The molecule has 1 amide bonds. The van der Waals surface area contributed by atoms with E-state index in [9.17, 15) is 4.79 Å². The molecule has 0 aromatic carbocycles. The number of hydrogen-bond donors (Lipinski definition) is 0. The maximum absolute atomic E-state index is 12.7. The summed E-state index contributed by atoms with van der Waals surface area (Å²) in [5.41, 5.74) is 2.82.